The molecule has 0 heterocycles. The van der Waals surface area contributed by atoms with E-state index in [0.29, 0.717) is 17.7 Å². The lowest BCUT2D eigenvalue weighted by atomic mass is 9.90. The Morgan fingerprint density at radius 3 is 2.36 bits per heavy atom. The largest absolute Gasteiger partial charge is 0.390 e. The Kier molecular flexibility index (Phi) is 5.05. The lowest BCUT2D eigenvalue weighted by Crippen LogP contribution is -2.45. The number of amides is 2. The van der Waals surface area contributed by atoms with Crippen LogP contribution >= 0.6 is 0 Å². The van der Waals surface area contributed by atoms with Crippen molar-refractivity contribution < 1.29 is 22.8 Å². The zero-order valence-corrected chi connectivity index (χ0v) is 11.9. The Balaban J connectivity index is 2.08. The maximum Gasteiger partial charge on any atom is 0.390 e. The lowest BCUT2D eigenvalue weighted by Gasteiger charge is -2.38. The molecule has 120 valence electrons. The third-order valence-corrected chi connectivity index (χ3v) is 3.77. The number of carbonyl (C=O) groups is 2. The highest BCUT2D eigenvalue weighted by molar-refractivity contribution is 5.95. The maximum absolute atomic E-state index is 12.4. The van der Waals surface area contributed by atoms with Gasteiger partial charge in [-0.15, -0.1) is 0 Å². The van der Waals surface area contributed by atoms with Crippen LogP contribution in [0.3, 0.4) is 0 Å². The quantitative estimate of drug-likeness (QED) is 0.820. The summed E-state index contributed by atoms with van der Waals surface area (Å²) in [5.74, 6) is -0.397. The minimum Gasteiger partial charge on any atom is -0.335 e. The van der Waals surface area contributed by atoms with Crippen molar-refractivity contribution in [3.63, 3.8) is 0 Å². The molecular formula is C15H17F3N2O2. The first kappa shape index (κ1) is 16.3. The lowest BCUT2D eigenvalue weighted by molar-refractivity contribution is -0.138. The SMILES string of the molecule is O=CNc1ccc(C(=O)N(CCC(F)(F)F)C2CCC2)cc1. The van der Waals surface area contributed by atoms with Gasteiger partial charge in [0.05, 0.1) is 6.42 Å². The molecule has 0 bridgehead atoms. The van der Waals surface area contributed by atoms with Crippen LogP contribution in [0.5, 0.6) is 0 Å². The first-order chi connectivity index (χ1) is 10.4. The molecule has 1 saturated carbocycles. The molecule has 0 aliphatic heterocycles. The molecule has 1 aliphatic carbocycles. The predicted molar refractivity (Wildman–Crippen MR) is 75.5 cm³/mol. The maximum atomic E-state index is 12.4. The summed E-state index contributed by atoms with van der Waals surface area (Å²) in [5.41, 5.74) is 0.850. The molecule has 22 heavy (non-hydrogen) atoms. The van der Waals surface area contributed by atoms with Gasteiger partial charge in [0, 0.05) is 23.8 Å². The van der Waals surface area contributed by atoms with E-state index in [4.69, 9.17) is 0 Å². The van der Waals surface area contributed by atoms with Crippen LogP contribution in [0.1, 0.15) is 36.0 Å². The van der Waals surface area contributed by atoms with Crippen LogP contribution in [0.2, 0.25) is 0 Å². The van der Waals surface area contributed by atoms with Gasteiger partial charge in [-0.3, -0.25) is 9.59 Å². The predicted octanol–water partition coefficient (Wildman–Crippen LogP) is 3.20. The highest BCUT2D eigenvalue weighted by Gasteiger charge is 2.34. The molecule has 1 aliphatic rings. The van der Waals surface area contributed by atoms with Crippen LogP contribution in [-0.2, 0) is 4.79 Å². The van der Waals surface area contributed by atoms with Crippen molar-refractivity contribution in [2.24, 2.45) is 0 Å². The normalized spacial score (nSPS) is 15.0. The molecule has 1 aromatic carbocycles. The second-order valence-corrected chi connectivity index (χ2v) is 5.29. The summed E-state index contributed by atoms with van der Waals surface area (Å²) in [4.78, 5) is 24.1. The van der Waals surface area contributed by atoms with Crippen LogP contribution in [0.4, 0.5) is 18.9 Å². The van der Waals surface area contributed by atoms with Crippen LogP contribution in [0.25, 0.3) is 0 Å². The second-order valence-electron chi connectivity index (χ2n) is 5.29. The fraction of sp³-hybridized carbons (Fsp3) is 0.467. The number of alkyl halides is 3. The number of nitrogens with zero attached hydrogens (tertiary/aromatic N) is 1. The summed E-state index contributed by atoms with van der Waals surface area (Å²) < 4.78 is 37.3. The summed E-state index contributed by atoms with van der Waals surface area (Å²) in [6, 6.07) is 6.00. The van der Waals surface area contributed by atoms with Crippen molar-refractivity contribution in [2.45, 2.75) is 37.9 Å². The van der Waals surface area contributed by atoms with E-state index < -0.39 is 18.5 Å². The smallest absolute Gasteiger partial charge is 0.335 e. The molecule has 1 N–H and O–H groups in total. The van der Waals surface area contributed by atoms with Gasteiger partial charge in [-0.1, -0.05) is 0 Å². The number of hydrogen-bond acceptors (Lipinski definition) is 2. The van der Waals surface area contributed by atoms with Crippen molar-refractivity contribution in [3.8, 4) is 0 Å². The summed E-state index contributed by atoms with van der Waals surface area (Å²) >= 11 is 0. The fourth-order valence-electron chi connectivity index (χ4n) is 2.34. The van der Waals surface area contributed by atoms with Gasteiger partial charge in [0.1, 0.15) is 0 Å². The van der Waals surface area contributed by atoms with E-state index >= 15 is 0 Å². The van der Waals surface area contributed by atoms with Crippen molar-refractivity contribution in [1.29, 1.82) is 0 Å². The summed E-state index contributed by atoms with van der Waals surface area (Å²) in [7, 11) is 0. The monoisotopic (exact) mass is 314 g/mol. The summed E-state index contributed by atoms with van der Waals surface area (Å²) in [5, 5.41) is 2.44. The van der Waals surface area contributed by atoms with Crippen molar-refractivity contribution in [3.05, 3.63) is 29.8 Å². The molecule has 2 amide bonds. The molecule has 0 atom stereocenters. The number of anilines is 1. The van der Waals surface area contributed by atoms with E-state index in [-0.39, 0.29) is 12.6 Å². The number of benzene rings is 1. The molecule has 0 saturated heterocycles. The van der Waals surface area contributed by atoms with Gasteiger partial charge in [-0.25, -0.2) is 0 Å². The van der Waals surface area contributed by atoms with E-state index in [2.05, 4.69) is 5.32 Å². The minimum absolute atomic E-state index is 0.109. The minimum atomic E-state index is -4.28. The Morgan fingerprint density at radius 1 is 1.27 bits per heavy atom. The van der Waals surface area contributed by atoms with E-state index in [1.807, 2.05) is 0 Å². The number of rotatable bonds is 6. The molecule has 2 rings (SSSR count). The molecule has 0 aromatic heterocycles. The number of hydrogen-bond donors (Lipinski definition) is 1. The first-order valence-corrected chi connectivity index (χ1v) is 7.08. The molecule has 7 heteroatoms. The van der Waals surface area contributed by atoms with Gasteiger partial charge in [-0.05, 0) is 43.5 Å². The van der Waals surface area contributed by atoms with Gasteiger partial charge in [-0.2, -0.15) is 13.2 Å². The van der Waals surface area contributed by atoms with Crippen LogP contribution < -0.4 is 5.32 Å². The van der Waals surface area contributed by atoms with Crippen molar-refractivity contribution in [1.82, 2.24) is 4.90 Å². The topological polar surface area (TPSA) is 49.4 Å². The van der Waals surface area contributed by atoms with Gasteiger partial charge in [0.15, 0.2) is 0 Å². The Labute approximate surface area is 126 Å². The van der Waals surface area contributed by atoms with Crippen LogP contribution in [0, 0.1) is 0 Å². The van der Waals surface area contributed by atoms with E-state index in [9.17, 15) is 22.8 Å². The fourth-order valence-corrected chi connectivity index (χ4v) is 2.34. The molecule has 1 aromatic rings. The van der Waals surface area contributed by atoms with E-state index in [1.165, 1.54) is 17.0 Å². The average molecular weight is 314 g/mol. The van der Waals surface area contributed by atoms with Gasteiger partial charge in [0.2, 0.25) is 6.41 Å². The van der Waals surface area contributed by atoms with Crippen molar-refractivity contribution in [2.75, 3.05) is 11.9 Å². The highest BCUT2D eigenvalue weighted by atomic mass is 19.4. The third kappa shape index (κ3) is 4.22. The van der Waals surface area contributed by atoms with Crippen molar-refractivity contribution >= 4 is 18.0 Å². The first-order valence-electron chi connectivity index (χ1n) is 7.08. The second kappa shape index (κ2) is 6.81. The zero-order chi connectivity index (χ0) is 16.2. The number of carbonyl (C=O) groups excluding carboxylic acids is 2. The van der Waals surface area contributed by atoms with Gasteiger partial charge in [0.25, 0.3) is 5.91 Å². The standard InChI is InChI=1S/C15H17F3N2O2/c16-15(17,18)8-9-20(13-2-1-3-13)14(22)11-4-6-12(7-5-11)19-10-21/h4-7,10,13H,1-3,8-9H2,(H,19,21). The summed E-state index contributed by atoms with van der Waals surface area (Å²) in [6.07, 6.45) is -2.34. The molecular weight excluding hydrogens is 297 g/mol. The Morgan fingerprint density at radius 2 is 1.91 bits per heavy atom. The molecule has 0 spiro atoms. The number of halogens is 3. The van der Waals surface area contributed by atoms with Gasteiger partial charge >= 0.3 is 6.18 Å². The van der Waals surface area contributed by atoms with E-state index in [1.54, 1.807) is 12.1 Å². The molecule has 4 nitrogen and oxygen atoms in total. The number of nitrogens with one attached hydrogen (secondary N) is 1. The van der Waals surface area contributed by atoms with E-state index in [0.717, 1.165) is 19.3 Å². The van der Waals surface area contributed by atoms with Crippen LogP contribution in [0.15, 0.2) is 24.3 Å². The van der Waals surface area contributed by atoms with Gasteiger partial charge < -0.3 is 10.2 Å². The highest BCUT2D eigenvalue weighted by Crippen LogP contribution is 2.29. The zero-order valence-electron chi connectivity index (χ0n) is 11.9. The Hall–Kier alpha value is -2.05. The molecule has 1 fully saturated rings. The van der Waals surface area contributed by atoms with Crippen LogP contribution in [-0.4, -0.2) is 36.0 Å². The summed E-state index contributed by atoms with van der Waals surface area (Å²) in [6.45, 7) is -0.318. The average Bonchev–Trinajstić information content (AvgIpc) is 2.40. The third-order valence-electron chi connectivity index (χ3n) is 3.77. The molecule has 0 unspecified atom stereocenters. The molecule has 0 radical (unpaired) electrons. The Bertz CT molecular complexity index is 525.